The second kappa shape index (κ2) is 11.0. The quantitative estimate of drug-likeness (QED) is 0.386. The molecule has 1 aromatic carbocycles. The Morgan fingerprint density at radius 3 is 2.46 bits per heavy atom. The number of nitrogens with one attached hydrogen (secondary N) is 2. The first kappa shape index (κ1) is 20.5. The molecule has 0 radical (unpaired) electrons. The van der Waals surface area contributed by atoms with Crippen molar-refractivity contribution in [3.63, 3.8) is 0 Å². The van der Waals surface area contributed by atoms with E-state index in [1.807, 2.05) is 36.5 Å². The SMILES string of the molecule is CN=C(NCc1ccccc1)NCc1ccnc(OC2CCCC2)c1.I. The molecule has 5 nitrogen and oxygen atoms in total. The molecule has 0 saturated heterocycles. The first-order chi connectivity index (χ1) is 12.3. The zero-order chi connectivity index (χ0) is 17.3. The van der Waals surface area contributed by atoms with E-state index in [1.54, 1.807) is 7.05 Å². The van der Waals surface area contributed by atoms with E-state index < -0.39 is 0 Å². The number of rotatable bonds is 6. The normalized spacial score (nSPS) is 14.6. The van der Waals surface area contributed by atoms with E-state index >= 15 is 0 Å². The van der Waals surface area contributed by atoms with Gasteiger partial charge in [0, 0.05) is 32.4 Å². The summed E-state index contributed by atoms with van der Waals surface area (Å²) in [6.07, 6.45) is 6.93. The van der Waals surface area contributed by atoms with E-state index in [0.717, 1.165) is 36.8 Å². The molecule has 1 aliphatic rings. The molecule has 0 unspecified atom stereocenters. The largest absolute Gasteiger partial charge is 0.474 e. The number of benzene rings is 1. The fourth-order valence-corrected chi connectivity index (χ4v) is 2.99. The van der Waals surface area contributed by atoms with Crippen LogP contribution in [0.2, 0.25) is 0 Å². The van der Waals surface area contributed by atoms with Crippen LogP contribution in [0.1, 0.15) is 36.8 Å². The number of ether oxygens (including phenoxy) is 1. The van der Waals surface area contributed by atoms with E-state index in [0.29, 0.717) is 12.6 Å². The lowest BCUT2D eigenvalue weighted by Gasteiger charge is -2.14. The van der Waals surface area contributed by atoms with Gasteiger partial charge in [0.2, 0.25) is 5.88 Å². The Labute approximate surface area is 172 Å². The molecule has 1 fully saturated rings. The van der Waals surface area contributed by atoms with Crippen molar-refractivity contribution in [3.8, 4) is 5.88 Å². The smallest absolute Gasteiger partial charge is 0.213 e. The van der Waals surface area contributed by atoms with E-state index in [1.165, 1.54) is 18.4 Å². The summed E-state index contributed by atoms with van der Waals surface area (Å²) in [6.45, 7) is 1.42. The van der Waals surface area contributed by atoms with E-state index in [4.69, 9.17) is 4.74 Å². The number of nitrogens with zero attached hydrogens (tertiary/aromatic N) is 2. The second-order valence-electron chi connectivity index (χ2n) is 6.29. The van der Waals surface area contributed by atoms with Crippen molar-refractivity contribution in [2.75, 3.05) is 7.05 Å². The average molecular weight is 466 g/mol. The van der Waals surface area contributed by atoms with Crippen LogP contribution in [0.3, 0.4) is 0 Å². The molecule has 1 saturated carbocycles. The lowest BCUT2D eigenvalue weighted by atomic mass is 10.2. The summed E-state index contributed by atoms with van der Waals surface area (Å²) in [6, 6.07) is 14.3. The van der Waals surface area contributed by atoms with Gasteiger partial charge in [0.05, 0.1) is 0 Å². The molecule has 1 heterocycles. The number of aromatic nitrogens is 1. The van der Waals surface area contributed by atoms with Gasteiger partial charge in [0.15, 0.2) is 5.96 Å². The van der Waals surface area contributed by atoms with Crippen LogP contribution in [0.15, 0.2) is 53.7 Å². The molecule has 1 aromatic heterocycles. The molecule has 6 heteroatoms. The number of guanidine groups is 1. The van der Waals surface area contributed by atoms with Crippen LogP contribution in [0.4, 0.5) is 0 Å². The summed E-state index contributed by atoms with van der Waals surface area (Å²) in [7, 11) is 1.78. The van der Waals surface area contributed by atoms with Crippen molar-refractivity contribution in [2.45, 2.75) is 44.9 Å². The molecule has 140 valence electrons. The third kappa shape index (κ3) is 6.48. The van der Waals surface area contributed by atoms with Crippen LogP contribution < -0.4 is 15.4 Å². The highest BCUT2D eigenvalue weighted by Gasteiger charge is 2.17. The Bertz CT molecular complexity index is 687. The molecule has 3 rings (SSSR count). The molecule has 26 heavy (non-hydrogen) atoms. The average Bonchev–Trinajstić information content (AvgIpc) is 3.16. The van der Waals surface area contributed by atoms with Gasteiger partial charge in [-0.1, -0.05) is 30.3 Å². The predicted octanol–water partition coefficient (Wildman–Crippen LogP) is 3.89. The summed E-state index contributed by atoms with van der Waals surface area (Å²) >= 11 is 0. The third-order valence-electron chi connectivity index (χ3n) is 4.38. The molecule has 0 spiro atoms. The lowest BCUT2D eigenvalue weighted by molar-refractivity contribution is 0.201. The zero-order valence-corrected chi connectivity index (χ0v) is 17.5. The van der Waals surface area contributed by atoms with E-state index in [-0.39, 0.29) is 24.0 Å². The lowest BCUT2D eigenvalue weighted by Crippen LogP contribution is -2.36. The minimum atomic E-state index is 0. The van der Waals surface area contributed by atoms with Crippen molar-refractivity contribution in [1.29, 1.82) is 0 Å². The summed E-state index contributed by atoms with van der Waals surface area (Å²) in [4.78, 5) is 8.60. The standard InChI is InChI=1S/C20H26N4O.HI/c1-21-20(23-14-16-7-3-2-4-8-16)24-15-17-11-12-22-19(13-17)25-18-9-5-6-10-18;/h2-4,7-8,11-13,18H,5-6,9-10,14-15H2,1H3,(H2,21,23,24);1H. The summed E-state index contributed by atoms with van der Waals surface area (Å²) < 4.78 is 5.97. The van der Waals surface area contributed by atoms with Gasteiger partial charge in [-0.2, -0.15) is 0 Å². The van der Waals surface area contributed by atoms with Gasteiger partial charge in [-0.05, 0) is 42.9 Å². The number of hydrogen-bond donors (Lipinski definition) is 2. The first-order valence-electron chi connectivity index (χ1n) is 8.93. The fourth-order valence-electron chi connectivity index (χ4n) is 2.99. The monoisotopic (exact) mass is 466 g/mol. The Hall–Kier alpha value is -1.83. The van der Waals surface area contributed by atoms with Crippen molar-refractivity contribution in [3.05, 3.63) is 59.8 Å². The number of pyridine rings is 1. The van der Waals surface area contributed by atoms with Crippen molar-refractivity contribution in [2.24, 2.45) is 4.99 Å². The van der Waals surface area contributed by atoms with Crippen LogP contribution >= 0.6 is 24.0 Å². The maximum Gasteiger partial charge on any atom is 0.213 e. The van der Waals surface area contributed by atoms with Gasteiger partial charge in [0.1, 0.15) is 6.10 Å². The zero-order valence-electron chi connectivity index (χ0n) is 15.1. The van der Waals surface area contributed by atoms with Gasteiger partial charge in [0.25, 0.3) is 0 Å². The number of hydrogen-bond acceptors (Lipinski definition) is 3. The number of halogens is 1. The molecule has 2 aromatic rings. The highest BCUT2D eigenvalue weighted by Crippen LogP contribution is 2.23. The maximum atomic E-state index is 5.97. The number of aliphatic imine (C=N–C) groups is 1. The fraction of sp³-hybridized carbons (Fsp3) is 0.400. The van der Waals surface area contributed by atoms with Crippen molar-refractivity contribution in [1.82, 2.24) is 15.6 Å². The molecule has 2 N–H and O–H groups in total. The molecular formula is C20H27IN4O. The topological polar surface area (TPSA) is 58.5 Å². The van der Waals surface area contributed by atoms with Crippen LogP contribution in [0, 0.1) is 0 Å². The Kier molecular flexibility index (Phi) is 8.67. The van der Waals surface area contributed by atoms with E-state index in [9.17, 15) is 0 Å². The van der Waals surface area contributed by atoms with Crippen molar-refractivity contribution < 1.29 is 4.74 Å². The predicted molar refractivity (Wildman–Crippen MR) is 116 cm³/mol. The molecule has 0 aliphatic heterocycles. The Morgan fingerprint density at radius 2 is 1.77 bits per heavy atom. The van der Waals surface area contributed by atoms with Gasteiger partial charge >= 0.3 is 0 Å². The van der Waals surface area contributed by atoms with Crippen LogP contribution in [0.5, 0.6) is 5.88 Å². The highest BCUT2D eigenvalue weighted by atomic mass is 127. The van der Waals surface area contributed by atoms with Gasteiger partial charge in [-0.15, -0.1) is 24.0 Å². The molecule has 0 amide bonds. The minimum Gasteiger partial charge on any atom is -0.474 e. The Morgan fingerprint density at radius 1 is 1.08 bits per heavy atom. The molecule has 0 bridgehead atoms. The minimum absolute atomic E-state index is 0. The summed E-state index contributed by atoms with van der Waals surface area (Å²) in [5, 5.41) is 6.65. The van der Waals surface area contributed by atoms with Gasteiger partial charge < -0.3 is 15.4 Å². The Balaban J connectivity index is 0.00000243. The van der Waals surface area contributed by atoms with Crippen molar-refractivity contribution >= 4 is 29.9 Å². The molecule has 1 aliphatic carbocycles. The molecular weight excluding hydrogens is 439 g/mol. The summed E-state index contributed by atoms with van der Waals surface area (Å²) in [5.41, 5.74) is 2.35. The third-order valence-corrected chi connectivity index (χ3v) is 4.38. The van der Waals surface area contributed by atoms with Crippen LogP contribution in [0.25, 0.3) is 0 Å². The first-order valence-corrected chi connectivity index (χ1v) is 8.93. The van der Waals surface area contributed by atoms with E-state index in [2.05, 4.69) is 32.7 Å². The van der Waals surface area contributed by atoms with Gasteiger partial charge in [-0.3, -0.25) is 4.99 Å². The van der Waals surface area contributed by atoms with Crippen LogP contribution in [-0.2, 0) is 13.1 Å². The van der Waals surface area contributed by atoms with Gasteiger partial charge in [-0.25, -0.2) is 4.98 Å². The van der Waals surface area contributed by atoms with Crippen LogP contribution in [-0.4, -0.2) is 24.1 Å². The maximum absolute atomic E-state index is 5.97. The molecule has 0 atom stereocenters. The highest BCUT2D eigenvalue weighted by molar-refractivity contribution is 14.0. The summed E-state index contributed by atoms with van der Waals surface area (Å²) in [5.74, 6) is 1.50. The second-order valence-corrected chi connectivity index (χ2v) is 6.29.